The van der Waals surface area contributed by atoms with E-state index in [9.17, 15) is 4.79 Å². The fourth-order valence-electron chi connectivity index (χ4n) is 3.01. The number of rotatable bonds is 6. The Morgan fingerprint density at radius 1 is 1.12 bits per heavy atom. The molecule has 0 atom stereocenters. The number of nitrogens with one attached hydrogen (secondary N) is 2. The van der Waals surface area contributed by atoms with Crippen molar-refractivity contribution in [2.24, 2.45) is 0 Å². The van der Waals surface area contributed by atoms with Gasteiger partial charge in [-0.2, -0.15) is 0 Å². The van der Waals surface area contributed by atoms with Gasteiger partial charge in [0, 0.05) is 23.8 Å². The number of fused-ring (bicyclic) bond motifs is 1. The molecule has 1 aromatic heterocycles. The topological polar surface area (TPSA) is 63.2 Å². The van der Waals surface area contributed by atoms with Gasteiger partial charge in [0.05, 0.1) is 18.4 Å². The summed E-state index contributed by atoms with van der Waals surface area (Å²) in [4.78, 5) is 17.1. The van der Waals surface area contributed by atoms with Crippen LogP contribution >= 0.6 is 0 Å². The van der Waals surface area contributed by atoms with E-state index in [1.54, 1.807) is 13.3 Å². The first-order valence-corrected chi connectivity index (χ1v) is 8.78. The Kier molecular flexibility index (Phi) is 5.37. The smallest absolute Gasteiger partial charge is 0.254 e. The van der Waals surface area contributed by atoms with Gasteiger partial charge in [0.15, 0.2) is 0 Å². The van der Waals surface area contributed by atoms with Crippen molar-refractivity contribution in [2.45, 2.75) is 20.3 Å². The molecule has 0 saturated heterocycles. The number of carbonyl (C=O) groups excluding carboxylic acids is 1. The fourth-order valence-corrected chi connectivity index (χ4v) is 3.01. The average Bonchev–Trinajstić information content (AvgIpc) is 2.68. The predicted octanol–water partition coefficient (Wildman–Crippen LogP) is 4.30. The lowest BCUT2D eigenvalue weighted by Gasteiger charge is -2.17. The summed E-state index contributed by atoms with van der Waals surface area (Å²) < 4.78 is 5.43. The molecule has 26 heavy (non-hydrogen) atoms. The zero-order chi connectivity index (χ0) is 18.5. The van der Waals surface area contributed by atoms with E-state index in [0.717, 1.165) is 28.7 Å². The molecule has 2 N–H and O–H groups in total. The van der Waals surface area contributed by atoms with E-state index in [-0.39, 0.29) is 5.91 Å². The second-order valence-electron chi connectivity index (χ2n) is 5.90. The van der Waals surface area contributed by atoms with Crippen LogP contribution in [0.2, 0.25) is 0 Å². The first-order chi connectivity index (χ1) is 12.7. The molecular formula is C21H23N3O2. The molecule has 1 amide bonds. The van der Waals surface area contributed by atoms with Crippen LogP contribution in [0.5, 0.6) is 5.75 Å². The number of hydrogen-bond acceptors (Lipinski definition) is 4. The quantitative estimate of drug-likeness (QED) is 0.696. The Hall–Kier alpha value is -3.08. The molecule has 0 aliphatic heterocycles. The Balaban J connectivity index is 2.21. The molecular weight excluding hydrogens is 326 g/mol. The summed E-state index contributed by atoms with van der Waals surface area (Å²) in [5.74, 6) is 0.526. The number of aryl methyl sites for hydroxylation is 1. The predicted molar refractivity (Wildman–Crippen MR) is 105 cm³/mol. The fraction of sp³-hybridized carbons (Fsp3) is 0.238. The van der Waals surface area contributed by atoms with E-state index in [2.05, 4.69) is 28.6 Å². The zero-order valence-electron chi connectivity index (χ0n) is 15.3. The van der Waals surface area contributed by atoms with Crippen molar-refractivity contribution >= 4 is 28.2 Å². The lowest BCUT2D eigenvalue weighted by Crippen LogP contribution is -2.24. The second-order valence-corrected chi connectivity index (χ2v) is 5.90. The maximum absolute atomic E-state index is 12.6. The van der Waals surface area contributed by atoms with Crippen molar-refractivity contribution in [3.05, 3.63) is 59.8 Å². The SMILES string of the molecule is CCNC(=O)c1cnc2c(OC)cccc2c1Nc1ccccc1CC. The Labute approximate surface area is 153 Å². The number of carbonyl (C=O) groups is 1. The van der Waals surface area contributed by atoms with Crippen LogP contribution in [0.3, 0.4) is 0 Å². The minimum absolute atomic E-state index is 0.152. The van der Waals surface area contributed by atoms with Gasteiger partial charge in [-0.3, -0.25) is 9.78 Å². The first kappa shape index (κ1) is 17.7. The number of aromatic nitrogens is 1. The summed E-state index contributed by atoms with van der Waals surface area (Å²) in [6.45, 7) is 4.56. The van der Waals surface area contributed by atoms with Gasteiger partial charge in [0.25, 0.3) is 5.91 Å². The van der Waals surface area contributed by atoms with Crippen LogP contribution in [0.1, 0.15) is 29.8 Å². The van der Waals surface area contributed by atoms with Crippen LogP contribution in [0.4, 0.5) is 11.4 Å². The second kappa shape index (κ2) is 7.87. The molecule has 0 unspecified atom stereocenters. The third-order valence-electron chi connectivity index (χ3n) is 4.32. The van der Waals surface area contributed by atoms with Crippen LogP contribution in [0.25, 0.3) is 10.9 Å². The highest BCUT2D eigenvalue weighted by Crippen LogP contribution is 2.34. The van der Waals surface area contributed by atoms with Crippen LogP contribution in [0, 0.1) is 0 Å². The summed E-state index contributed by atoms with van der Waals surface area (Å²) >= 11 is 0. The van der Waals surface area contributed by atoms with E-state index in [1.807, 2.05) is 43.3 Å². The molecule has 2 aromatic carbocycles. The molecule has 0 bridgehead atoms. The molecule has 0 aliphatic carbocycles. The van der Waals surface area contributed by atoms with E-state index in [1.165, 1.54) is 5.56 Å². The molecule has 0 aliphatic rings. The van der Waals surface area contributed by atoms with Gasteiger partial charge in [-0.25, -0.2) is 0 Å². The van der Waals surface area contributed by atoms with Gasteiger partial charge in [-0.05, 0) is 31.0 Å². The van der Waals surface area contributed by atoms with Crippen molar-refractivity contribution in [3.63, 3.8) is 0 Å². The van der Waals surface area contributed by atoms with E-state index in [4.69, 9.17) is 4.74 Å². The average molecular weight is 349 g/mol. The Morgan fingerprint density at radius 3 is 2.65 bits per heavy atom. The van der Waals surface area contributed by atoms with Gasteiger partial charge in [0.2, 0.25) is 0 Å². The number of hydrogen-bond donors (Lipinski definition) is 2. The minimum atomic E-state index is -0.152. The van der Waals surface area contributed by atoms with Gasteiger partial charge < -0.3 is 15.4 Å². The standard InChI is InChI=1S/C21H23N3O2/c1-4-14-9-6-7-11-17(14)24-19-15-10-8-12-18(26-3)20(15)23-13-16(19)21(25)22-5-2/h6-13H,4-5H2,1-3H3,(H,22,25)(H,23,24). The van der Waals surface area contributed by atoms with Gasteiger partial charge in [-0.15, -0.1) is 0 Å². The number of anilines is 2. The highest BCUT2D eigenvalue weighted by molar-refractivity contribution is 6.09. The maximum Gasteiger partial charge on any atom is 0.254 e. The normalized spacial score (nSPS) is 10.6. The summed E-state index contributed by atoms with van der Waals surface area (Å²) in [5, 5.41) is 7.18. The monoisotopic (exact) mass is 349 g/mol. The maximum atomic E-state index is 12.6. The number of methoxy groups -OCH3 is 1. The minimum Gasteiger partial charge on any atom is -0.494 e. The van der Waals surface area contributed by atoms with Crippen molar-refractivity contribution in [1.29, 1.82) is 0 Å². The summed E-state index contributed by atoms with van der Waals surface area (Å²) in [6, 6.07) is 13.8. The molecule has 0 radical (unpaired) electrons. The first-order valence-electron chi connectivity index (χ1n) is 8.78. The number of benzene rings is 2. The van der Waals surface area contributed by atoms with E-state index >= 15 is 0 Å². The lowest BCUT2D eigenvalue weighted by atomic mass is 10.1. The Morgan fingerprint density at radius 2 is 1.92 bits per heavy atom. The molecule has 0 saturated carbocycles. The van der Waals surface area contributed by atoms with Gasteiger partial charge in [0.1, 0.15) is 11.3 Å². The molecule has 0 fully saturated rings. The molecule has 1 heterocycles. The van der Waals surface area contributed by atoms with Crippen molar-refractivity contribution in [2.75, 3.05) is 19.0 Å². The van der Waals surface area contributed by atoms with E-state index < -0.39 is 0 Å². The number of para-hydroxylation sites is 2. The van der Waals surface area contributed by atoms with E-state index in [0.29, 0.717) is 17.9 Å². The molecule has 134 valence electrons. The third kappa shape index (κ3) is 3.33. The van der Waals surface area contributed by atoms with Crippen LogP contribution < -0.4 is 15.4 Å². The number of amides is 1. The number of nitrogens with zero attached hydrogens (tertiary/aromatic N) is 1. The summed E-state index contributed by atoms with van der Waals surface area (Å²) in [6.07, 6.45) is 2.50. The molecule has 5 nitrogen and oxygen atoms in total. The Bertz CT molecular complexity index is 938. The largest absolute Gasteiger partial charge is 0.494 e. The molecule has 5 heteroatoms. The van der Waals surface area contributed by atoms with Crippen LogP contribution in [0.15, 0.2) is 48.7 Å². The van der Waals surface area contributed by atoms with Gasteiger partial charge >= 0.3 is 0 Å². The molecule has 0 spiro atoms. The summed E-state index contributed by atoms with van der Waals surface area (Å²) in [5.41, 5.74) is 4.14. The molecule has 3 rings (SSSR count). The van der Waals surface area contributed by atoms with Crippen LogP contribution in [-0.2, 0) is 6.42 Å². The highest BCUT2D eigenvalue weighted by Gasteiger charge is 2.17. The van der Waals surface area contributed by atoms with Crippen molar-refractivity contribution < 1.29 is 9.53 Å². The third-order valence-corrected chi connectivity index (χ3v) is 4.32. The highest BCUT2D eigenvalue weighted by atomic mass is 16.5. The zero-order valence-corrected chi connectivity index (χ0v) is 15.3. The summed E-state index contributed by atoms with van der Waals surface area (Å²) in [7, 11) is 1.62. The van der Waals surface area contributed by atoms with Crippen molar-refractivity contribution in [3.8, 4) is 5.75 Å². The molecule has 3 aromatic rings. The lowest BCUT2D eigenvalue weighted by molar-refractivity contribution is 0.0956. The van der Waals surface area contributed by atoms with Crippen LogP contribution in [-0.4, -0.2) is 24.5 Å². The van der Waals surface area contributed by atoms with Gasteiger partial charge in [-0.1, -0.05) is 37.3 Å². The van der Waals surface area contributed by atoms with Crippen molar-refractivity contribution in [1.82, 2.24) is 10.3 Å². The number of ether oxygens (including phenoxy) is 1. The number of pyridine rings is 1.